The lowest BCUT2D eigenvalue weighted by molar-refractivity contribution is 0.0504. The van der Waals surface area contributed by atoms with Crippen LogP contribution < -0.4 is 5.56 Å². The van der Waals surface area contributed by atoms with Crippen molar-refractivity contribution in [1.82, 2.24) is 14.9 Å². The quantitative estimate of drug-likeness (QED) is 0.900. The Morgan fingerprint density at radius 3 is 3.00 bits per heavy atom. The fourth-order valence-electron chi connectivity index (χ4n) is 2.70. The number of nitrogens with zero attached hydrogens (tertiary/aromatic N) is 2. The maximum Gasteiger partial charge on any atom is 0.266 e. The van der Waals surface area contributed by atoms with Crippen LogP contribution in [0.4, 0.5) is 0 Å². The van der Waals surface area contributed by atoms with E-state index in [9.17, 15) is 9.59 Å². The number of ether oxygens (including phenoxy) is 1. The van der Waals surface area contributed by atoms with Crippen LogP contribution in [0, 0.1) is 0 Å². The third-order valence-electron chi connectivity index (χ3n) is 3.92. The third kappa shape index (κ3) is 4.01. The molecule has 0 aliphatic carbocycles. The molecule has 3 rings (SSSR count). The van der Waals surface area contributed by atoms with Gasteiger partial charge in [-0.2, -0.15) is 0 Å². The van der Waals surface area contributed by atoms with Crippen molar-refractivity contribution in [2.45, 2.75) is 25.5 Å². The van der Waals surface area contributed by atoms with Gasteiger partial charge in [-0.1, -0.05) is 17.7 Å². The summed E-state index contributed by atoms with van der Waals surface area (Å²) >= 11 is 5.84. The monoisotopic (exact) mass is 347 g/mol. The summed E-state index contributed by atoms with van der Waals surface area (Å²) < 4.78 is 5.65. The molecule has 0 unspecified atom stereocenters. The molecule has 0 spiro atoms. The van der Waals surface area contributed by atoms with E-state index in [4.69, 9.17) is 16.3 Å². The minimum atomic E-state index is -0.413. The molecule has 0 saturated carbocycles. The Labute approximate surface area is 144 Å². The number of aromatic nitrogens is 2. The number of hydrogen-bond acceptors (Lipinski definition) is 4. The third-order valence-corrected chi connectivity index (χ3v) is 4.20. The fraction of sp³-hybridized carbons (Fsp3) is 0.353. The van der Waals surface area contributed by atoms with Crippen molar-refractivity contribution in [3.05, 3.63) is 63.3 Å². The highest BCUT2D eigenvalue weighted by molar-refractivity contribution is 6.30. The van der Waals surface area contributed by atoms with Crippen molar-refractivity contribution < 1.29 is 9.53 Å². The van der Waals surface area contributed by atoms with Crippen molar-refractivity contribution >= 4 is 17.5 Å². The molecule has 1 saturated heterocycles. The number of carbonyl (C=O) groups is 1. The highest BCUT2D eigenvalue weighted by Gasteiger charge is 2.24. The Balaban J connectivity index is 1.82. The standard InChI is InChI=1S/C17H18ClN3O3/c18-15-8-12(9-20-16(15)22)17(23)21(11-14-5-3-7-24-14)10-13-4-1-2-6-19-13/h1-2,4,6,8-9,14H,3,5,7,10-11H2,(H,20,22)/t14-/m0/s1. The van der Waals surface area contributed by atoms with Crippen LogP contribution in [0.25, 0.3) is 0 Å². The van der Waals surface area contributed by atoms with Gasteiger partial charge in [-0.3, -0.25) is 14.6 Å². The van der Waals surface area contributed by atoms with E-state index in [0.29, 0.717) is 18.7 Å². The first kappa shape index (κ1) is 16.7. The molecular weight excluding hydrogens is 330 g/mol. The van der Waals surface area contributed by atoms with Crippen LogP contribution in [0.5, 0.6) is 0 Å². The zero-order valence-electron chi connectivity index (χ0n) is 13.1. The minimum absolute atomic E-state index is 0.00393. The van der Waals surface area contributed by atoms with Gasteiger partial charge < -0.3 is 14.6 Å². The number of H-pyrrole nitrogens is 1. The van der Waals surface area contributed by atoms with E-state index in [2.05, 4.69) is 9.97 Å². The van der Waals surface area contributed by atoms with Gasteiger partial charge in [0.25, 0.3) is 11.5 Å². The van der Waals surface area contributed by atoms with E-state index in [-0.39, 0.29) is 17.0 Å². The average Bonchev–Trinajstić information content (AvgIpc) is 3.10. The van der Waals surface area contributed by atoms with E-state index in [1.54, 1.807) is 11.1 Å². The Morgan fingerprint density at radius 2 is 2.33 bits per heavy atom. The van der Waals surface area contributed by atoms with Crippen molar-refractivity contribution in [3.8, 4) is 0 Å². The molecule has 126 valence electrons. The normalized spacial score (nSPS) is 17.0. The molecule has 7 heteroatoms. The van der Waals surface area contributed by atoms with Gasteiger partial charge in [0.2, 0.25) is 0 Å². The molecule has 3 heterocycles. The number of halogens is 1. The van der Waals surface area contributed by atoms with E-state index in [0.717, 1.165) is 25.1 Å². The SMILES string of the molecule is O=C(c1c[nH]c(=O)c(Cl)c1)N(Cc1ccccn1)C[C@@H]1CCCO1. The molecule has 0 aromatic carbocycles. The highest BCUT2D eigenvalue weighted by atomic mass is 35.5. The maximum atomic E-state index is 12.9. The van der Waals surface area contributed by atoms with E-state index < -0.39 is 5.56 Å². The lowest BCUT2D eigenvalue weighted by atomic mass is 10.2. The number of amides is 1. The largest absolute Gasteiger partial charge is 0.376 e. The number of pyridine rings is 2. The first-order valence-corrected chi connectivity index (χ1v) is 8.20. The lowest BCUT2D eigenvalue weighted by Gasteiger charge is -2.25. The van der Waals surface area contributed by atoms with Gasteiger partial charge in [0, 0.05) is 25.5 Å². The summed E-state index contributed by atoms with van der Waals surface area (Å²) in [6.45, 7) is 1.57. The summed E-state index contributed by atoms with van der Waals surface area (Å²) in [5, 5.41) is -0.00393. The summed E-state index contributed by atoms with van der Waals surface area (Å²) in [7, 11) is 0. The molecule has 1 atom stereocenters. The van der Waals surface area contributed by atoms with Gasteiger partial charge in [-0.05, 0) is 31.0 Å². The van der Waals surface area contributed by atoms with Gasteiger partial charge in [-0.25, -0.2) is 0 Å². The second-order valence-corrected chi connectivity index (χ2v) is 6.11. The zero-order chi connectivity index (χ0) is 16.9. The summed E-state index contributed by atoms with van der Waals surface area (Å²) in [5.41, 5.74) is 0.719. The van der Waals surface area contributed by atoms with Gasteiger partial charge in [-0.15, -0.1) is 0 Å². The Kier molecular flexibility index (Phi) is 5.27. The van der Waals surface area contributed by atoms with Crippen LogP contribution in [0.3, 0.4) is 0 Å². The van der Waals surface area contributed by atoms with Crippen molar-refractivity contribution in [2.24, 2.45) is 0 Å². The van der Waals surface area contributed by atoms with Crippen LogP contribution in [-0.4, -0.2) is 40.0 Å². The predicted molar refractivity (Wildman–Crippen MR) is 90.0 cm³/mol. The molecule has 24 heavy (non-hydrogen) atoms. The number of rotatable bonds is 5. The van der Waals surface area contributed by atoms with Gasteiger partial charge >= 0.3 is 0 Å². The van der Waals surface area contributed by atoms with Crippen LogP contribution in [0.1, 0.15) is 28.9 Å². The summed E-state index contributed by atoms with van der Waals surface area (Å²) in [5.74, 6) is -0.214. The van der Waals surface area contributed by atoms with Crippen molar-refractivity contribution in [2.75, 3.05) is 13.2 Å². The molecule has 0 radical (unpaired) electrons. The smallest absolute Gasteiger partial charge is 0.266 e. The molecule has 1 aliphatic rings. The van der Waals surface area contributed by atoms with E-state index in [1.807, 2.05) is 18.2 Å². The molecular formula is C17H18ClN3O3. The van der Waals surface area contributed by atoms with E-state index >= 15 is 0 Å². The molecule has 2 aromatic rings. The predicted octanol–water partition coefficient (Wildman–Crippen LogP) is 2.24. The van der Waals surface area contributed by atoms with Gasteiger partial charge in [0.1, 0.15) is 5.02 Å². The maximum absolute atomic E-state index is 12.9. The number of aromatic amines is 1. The van der Waals surface area contributed by atoms with Crippen molar-refractivity contribution in [3.63, 3.8) is 0 Å². The Morgan fingerprint density at radius 1 is 1.46 bits per heavy atom. The highest BCUT2D eigenvalue weighted by Crippen LogP contribution is 2.17. The lowest BCUT2D eigenvalue weighted by Crippen LogP contribution is -2.37. The van der Waals surface area contributed by atoms with Crippen LogP contribution >= 0.6 is 11.6 Å². The number of carbonyl (C=O) groups excluding carboxylic acids is 1. The fourth-order valence-corrected chi connectivity index (χ4v) is 2.87. The zero-order valence-corrected chi connectivity index (χ0v) is 13.8. The second-order valence-electron chi connectivity index (χ2n) is 5.71. The minimum Gasteiger partial charge on any atom is -0.376 e. The molecule has 6 nitrogen and oxygen atoms in total. The first-order valence-electron chi connectivity index (χ1n) is 7.82. The van der Waals surface area contributed by atoms with Crippen LogP contribution in [0.2, 0.25) is 5.02 Å². The summed E-state index contributed by atoms with van der Waals surface area (Å²) in [6, 6.07) is 6.98. The molecule has 1 aliphatic heterocycles. The second kappa shape index (κ2) is 7.59. The molecule has 1 fully saturated rings. The van der Waals surface area contributed by atoms with E-state index in [1.165, 1.54) is 12.3 Å². The van der Waals surface area contributed by atoms with Crippen LogP contribution in [0.15, 0.2) is 41.5 Å². The first-order chi connectivity index (χ1) is 11.6. The summed E-state index contributed by atoms with van der Waals surface area (Å²) in [6.07, 6.45) is 5.04. The average molecular weight is 348 g/mol. The molecule has 1 amide bonds. The Hall–Kier alpha value is -2.18. The molecule has 0 bridgehead atoms. The van der Waals surface area contributed by atoms with Gasteiger partial charge in [0.15, 0.2) is 0 Å². The topological polar surface area (TPSA) is 75.3 Å². The van der Waals surface area contributed by atoms with Crippen LogP contribution in [-0.2, 0) is 11.3 Å². The number of nitrogens with one attached hydrogen (secondary N) is 1. The molecule has 1 N–H and O–H groups in total. The summed E-state index contributed by atoms with van der Waals surface area (Å²) in [4.78, 5) is 32.7. The Bertz CT molecular complexity index is 757. The van der Waals surface area contributed by atoms with Crippen molar-refractivity contribution in [1.29, 1.82) is 0 Å². The van der Waals surface area contributed by atoms with Gasteiger partial charge in [0.05, 0.1) is 23.9 Å². The number of hydrogen-bond donors (Lipinski definition) is 1. The molecule has 2 aromatic heterocycles.